The van der Waals surface area contributed by atoms with Crippen molar-refractivity contribution in [2.45, 2.75) is 19.4 Å². The van der Waals surface area contributed by atoms with E-state index in [1.54, 1.807) is 13.3 Å². The summed E-state index contributed by atoms with van der Waals surface area (Å²) >= 11 is 0. The average molecular weight is 337 g/mol. The monoisotopic (exact) mass is 337 g/mol. The van der Waals surface area contributed by atoms with E-state index in [0.29, 0.717) is 6.42 Å². The second-order valence-corrected chi connectivity index (χ2v) is 6.02. The molecule has 1 heterocycles. The number of nitrogens with one attached hydrogen (secondary N) is 1. The molecule has 0 bridgehead atoms. The second kappa shape index (κ2) is 10.4. The molecule has 1 saturated heterocycles. The Labute approximate surface area is 150 Å². The van der Waals surface area contributed by atoms with Crippen LogP contribution in [0.3, 0.4) is 0 Å². The fourth-order valence-electron chi connectivity index (χ4n) is 2.82. The molecule has 1 atom stereocenters. The van der Waals surface area contributed by atoms with Crippen molar-refractivity contribution in [3.05, 3.63) is 71.8 Å². The predicted molar refractivity (Wildman–Crippen MR) is 105 cm³/mol. The zero-order valence-electron chi connectivity index (χ0n) is 15.1. The van der Waals surface area contributed by atoms with Gasteiger partial charge in [-0.3, -0.25) is 9.79 Å². The van der Waals surface area contributed by atoms with E-state index in [9.17, 15) is 4.79 Å². The molecule has 2 rings (SSSR count). The van der Waals surface area contributed by atoms with Gasteiger partial charge in [-0.15, -0.1) is 0 Å². The van der Waals surface area contributed by atoms with E-state index in [-0.39, 0.29) is 11.9 Å². The van der Waals surface area contributed by atoms with Crippen LogP contribution in [0.2, 0.25) is 0 Å². The fourth-order valence-corrected chi connectivity index (χ4v) is 2.82. The Balaban J connectivity index is 1.97. The number of benzene rings is 1. The molecule has 1 amide bonds. The number of hydrogen-bond donors (Lipinski definition) is 1. The molecule has 25 heavy (non-hydrogen) atoms. The summed E-state index contributed by atoms with van der Waals surface area (Å²) in [6, 6.07) is 10.4. The van der Waals surface area contributed by atoms with Crippen LogP contribution < -0.4 is 5.32 Å². The van der Waals surface area contributed by atoms with Crippen molar-refractivity contribution in [2.24, 2.45) is 4.99 Å². The molecule has 0 spiro atoms. The third-order valence-corrected chi connectivity index (χ3v) is 4.16. The summed E-state index contributed by atoms with van der Waals surface area (Å²) in [7, 11) is 1.74. The molecule has 1 aromatic rings. The second-order valence-electron chi connectivity index (χ2n) is 6.02. The zero-order valence-corrected chi connectivity index (χ0v) is 15.1. The first-order chi connectivity index (χ1) is 12.2. The maximum atomic E-state index is 12.7. The summed E-state index contributed by atoms with van der Waals surface area (Å²) < 4.78 is 0. The van der Waals surface area contributed by atoms with E-state index in [1.807, 2.05) is 60.4 Å². The molecule has 4 nitrogen and oxygen atoms in total. The Morgan fingerprint density at radius 3 is 2.84 bits per heavy atom. The van der Waals surface area contributed by atoms with Crippen molar-refractivity contribution in [1.29, 1.82) is 0 Å². The maximum absolute atomic E-state index is 12.7. The standard InChI is InChI=1S/C21H27N3O/c1-18(9-5-4-8-14-22-2)12-13-21(25)24-16-15-23-17-20(24)19-10-6-3-7-11-19/h3-12,14,20,23H,13,15-17H2,1-2H3/b8-4-,9-5-,18-12+,22-14?. The lowest BCUT2D eigenvalue weighted by Crippen LogP contribution is -2.48. The van der Waals surface area contributed by atoms with Crippen LogP contribution in [0.1, 0.15) is 24.9 Å². The molecule has 4 heteroatoms. The average Bonchev–Trinajstić information content (AvgIpc) is 2.66. The van der Waals surface area contributed by atoms with Crippen LogP contribution in [0.5, 0.6) is 0 Å². The van der Waals surface area contributed by atoms with E-state index in [4.69, 9.17) is 0 Å². The van der Waals surface area contributed by atoms with Gasteiger partial charge in [0.05, 0.1) is 6.04 Å². The van der Waals surface area contributed by atoms with Crippen molar-refractivity contribution in [3.63, 3.8) is 0 Å². The minimum absolute atomic E-state index is 0.114. The van der Waals surface area contributed by atoms with Crippen molar-refractivity contribution in [3.8, 4) is 0 Å². The highest BCUT2D eigenvalue weighted by Gasteiger charge is 2.26. The highest BCUT2D eigenvalue weighted by Crippen LogP contribution is 2.22. The van der Waals surface area contributed by atoms with Crippen molar-refractivity contribution in [1.82, 2.24) is 10.2 Å². The van der Waals surface area contributed by atoms with E-state index in [0.717, 1.165) is 25.2 Å². The third-order valence-electron chi connectivity index (χ3n) is 4.16. The first-order valence-electron chi connectivity index (χ1n) is 8.69. The van der Waals surface area contributed by atoms with Crippen molar-refractivity contribution < 1.29 is 4.79 Å². The highest BCUT2D eigenvalue weighted by atomic mass is 16.2. The van der Waals surface area contributed by atoms with Crippen LogP contribution in [0.4, 0.5) is 0 Å². The molecule has 1 aliphatic rings. The van der Waals surface area contributed by atoms with Crippen LogP contribution >= 0.6 is 0 Å². The van der Waals surface area contributed by atoms with Crippen LogP contribution in [-0.2, 0) is 4.79 Å². The Morgan fingerprint density at radius 2 is 2.08 bits per heavy atom. The maximum Gasteiger partial charge on any atom is 0.226 e. The summed E-state index contributed by atoms with van der Waals surface area (Å²) in [5.41, 5.74) is 2.27. The Kier molecular flexibility index (Phi) is 7.86. The SMILES string of the molecule is CN=C\C=C/C=C\C(C)=C\CC(=O)N1CCNCC1c1ccccc1. The van der Waals surface area contributed by atoms with Gasteiger partial charge in [-0.2, -0.15) is 0 Å². The van der Waals surface area contributed by atoms with Crippen LogP contribution in [0.15, 0.2) is 71.3 Å². The summed E-state index contributed by atoms with van der Waals surface area (Å²) in [4.78, 5) is 18.6. The number of allylic oxidation sites excluding steroid dienone is 5. The molecule has 1 aromatic carbocycles. The van der Waals surface area contributed by atoms with Gasteiger partial charge in [0.25, 0.3) is 0 Å². The molecule has 0 saturated carbocycles. The molecule has 1 aliphatic heterocycles. The number of nitrogens with zero attached hydrogens (tertiary/aromatic N) is 2. The van der Waals surface area contributed by atoms with Gasteiger partial charge >= 0.3 is 0 Å². The smallest absolute Gasteiger partial charge is 0.226 e. The molecular weight excluding hydrogens is 310 g/mol. The lowest BCUT2D eigenvalue weighted by Gasteiger charge is -2.36. The molecule has 0 radical (unpaired) electrons. The predicted octanol–water partition coefficient (Wildman–Crippen LogP) is 3.31. The van der Waals surface area contributed by atoms with Gasteiger partial charge in [0.2, 0.25) is 5.91 Å². The Morgan fingerprint density at radius 1 is 1.28 bits per heavy atom. The lowest BCUT2D eigenvalue weighted by atomic mass is 10.0. The van der Waals surface area contributed by atoms with Gasteiger partial charge in [0.15, 0.2) is 0 Å². The van der Waals surface area contributed by atoms with Gasteiger partial charge in [-0.05, 0) is 18.6 Å². The van der Waals surface area contributed by atoms with E-state index in [1.165, 1.54) is 5.56 Å². The van der Waals surface area contributed by atoms with Gasteiger partial charge in [0, 0.05) is 39.3 Å². The number of aliphatic imine (C=N–C) groups is 1. The molecule has 0 aromatic heterocycles. The van der Waals surface area contributed by atoms with Crippen LogP contribution in [0, 0.1) is 0 Å². The van der Waals surface area contributed by atoms with E-state index in [2.05, 4.69) is 22.4 Å². The van der Waals surface area contributed by atoms with Crippen LogP contribution in [-0.4, -0.2) is 43.7 Å². The quantitative estimate of drug-likeness (QED) is 0.639. The summed E-state index contributed by atoms with van der Waals surface area (Å²) in [6.45, 7) is 4.42. The van der Waals surface area contributed by atoms with E-state index < -0.39 is 0 Å². The molecule has 1 fully saturated rings. The topological polar surface area (TPSA) is 44.7 Å². The highest BCUT2D eigenvalue weighted by molar-refractivity contribution is 5.78. The minimum Gasteiger partial charge on any atom is -0.333 e. The summed E-state index contributed by atoms with van der Waals surface area (Å²) in [5, 5.41) is 3.39. The number of hydrogen-bond acceptors (Lipinski definition) is 3. The normalized spacial score (nSPS) is 19.4. The van der Waals surface area contributed by atoms with Crippen molar-refractivity contribution in [2.75, 3.05) is 26.7 Å². The van der Waals surface area contributed by atoms with Gasteiger partial charge in [-0.25, -0.2) is 0 Å². The molecule has 1 N–H and O–H groups in total. The van der Waals surface area contributed by atoms with Gasteiger partial charge < -0.3 is 10.2 Å². The van der Waals surface area contributed by atoms with E-state index >= 15 is 0 Å². The summed E-state index contributed by atoms with van der Waals surface area (Å²) in [6.07, 6.45) is 11.9. The summed E-state index contributed by atoms with van der Waals surface area (Å²) in [5.74, 6) is 0.178. The molecular formula is C21H27N3O. The zero-order chi connectivity index (χ0) is 17.9. The van der Waals surface area contributed by atoms with Crippen molar-refractivity contribution >= 4 is 12.1 Å². The number of carbonyl (C=O) groups is 1. The largest absolute Gasteiger partial charge is 0.333 e. The minimum atomic E-state index is 0.114. The molecule has 1 unspecified atom stereocenters. The Hall–Kier alpha value is -2.46. The van der Waals surface area contributed by atoms with Gasteiger partial charge in [0.1, 0.15) is 0 Å². The molecule has 0 aliphatic carbocycles. The molecule has 132 valence electrons. The lowest BCUT2D eigenvalue weighted by molar-refractivity contribution is -0.133. The first kappa shape index (κ1) is 18.9. The first-order valence-corrected chi connectivity index (χ1v) is 8.69. The Bertz CT molecular complexity index is 659. The number of piperazine rings is 1. The van der Waals surface area contributed by atoms with Gasteiger partial charge in [-0.1, -0.05) is 60.2 Å². The third kappa shape index (κ3) is 6.16. The number of amides is 1. The van der Waals surface area contributed by atoms with Crippen LogP contribution in [0.25, 0.3) is 0 Å². The fraction of sp³-hybridized carbons (Fsp3) is 0.333. The number of rotatable bonds is 6. The number of carbonyl (C=O) groups excluding carboxylic acids is 1.